The van der Waals surface area contributed by atoms with Crippen LogP contribution in [0.3, 0.4) is 0 Å². The maximum Gasteiger partial charge on any atom is 0.231 e. The van der Waals surface area contributed by atoms with E-state index in [-0.39, 0.29) is 18.2 Å². The Morgan fingerprint density at radius 3 is 2.55 bits per heavy atom. The number of halogens is 2. The molecule has 3 heterocycles. The van der Waals surface area contributed by atoms with E-state index < -0.39 is 0 Å². The molecular weight excluding hydrogens is 391 g/mol. The first-order chi connectivity index (χ1) is 13.8. The van der Waals surface area contributed by atoms with Crippen LogP contribution in [0.15, 0.2) is 36.4 Å². The lowest BCUT2D eigenvalue weighted by atomic mass is 9.95. The normalized spacial score (nSPS) is 19.0. The summed E-state index contributed by atoms with van der Waals surface area (Å²) in [6.07, 6.45) is 5.66. The molecule has 5 rings (SSSR count). The highest BCUT2D eigenvalue weighted by Crippen LogP contribution is 2.46. The number of ether oxygens (including phenoxy) is 2. The third kappa shape index (κ3) is 4.17. The number of benzene rings is 2. The van der Waals surface area contributed by atoms with Gasteiger partial charge in [0.2, 0.25) is 6.79 Å². The van der Waals surface area contributed by atoms with Crippen LogP contribution in [0.2, 0.25) is 0 Å². The van der Waals surface area contributed by atoms with Crippen molar-refractivity contribution >= 4 is 18.1 Å². The molecule has 0 radical (unpaired) electrons. The summed E-state index contributed by atoms with van der Waals surface area (Å²) >= 11 is 0. The second-order valence-corrected chi connectivity index (χ2v) is 8.05. The van der Waals surface area contributed by atoms with Gasteiger partial charge in [0.25, 0.3) is 0 Å². The van der Waals surface area contributed by atoms with Gasteiger partial charge in [0.15, 0.2) is 11.5 Å². The molecule has 3 aliphatic heterocycles. The maximum absolute atomic E-state index is 13.1. The van der Waals surface area contributed by atoms with Gasteiger partial charge in [0, 0.05) is 32.2 Å². The lowest BCUT2D eigenvalue weighted by Gasteiger charge is -2.42. The van der Waals surface area contributed by atoms with Crippen LogP contribution in [0.4, 0.5) is 10.1 Å². The largest absolute Gasteiger partial charge is 0.454 e. The van der Waals surface area contributed by atoms with Crippen molar-refractivity contribution in [1.29, 1.82) is 0 Å². The Labute approximate surface area is 178 Å². The van der Waals surface area contributed by atoms with Gasteiger partial charge in [-0.1, -0.05) is 18.2 Å². The molecule has 0 bridgehead atoms. The van der Waals surface area contributed by atoms with Crippen LogP contribution in [0.5, 0.6) is 11.5 Å². The molecule has 2 aromatic rings. The molecule has 0 atom stereocenters. The lowest BCUT2D eigenvalue weighted by Crippen LogP contribution is -2.47. The number of likely N-dealkylation sites (tertiary alicyclic amines) is 1. The number of aryl methyl sites for hydroxylation is 1. The van der Waals surface area contributed by atoms with Crippen LogP contribution in [0.25, 0.3) is 0 Å². The topological polar surface area (TPSA) is 24.9 Å². The number of piperidine rings is 1. The van der Waals surface area contributed by atoms with E-state index in [2.05, 4.69) is 21.9 Å². The molecule has 0 N–H and O–H groups in total. The minimum Gasteiger partial charge on any atom is -0.454 e. The van der Waals surface area contributed by atoms with Gasteiger partial charge in [0.05, 0.1) is 5.69 Å². The van der Waals surface area contributed by atoms with E-state index in [1.807, 2.05) is 12.1 Å². The number of nitrogens with zero attached hydrogens (tertiary/aromatic N) is 2. The van der Waals surface area contributed by atoms with Crippen molar-refractivity contribution in [2.45, 2.75) is 38.1 Å². The minimum absolute atomic E-state index is 0. The van der Waals surface area contributed by atoms with Crippen molar-refractivity contribution in [3.63, 3.8) is 0 Å². The van der Waals surface area contributed by atoms with Crippen LogP contribution in [0.1, 0.15) is 30.4 Å². The zero-order valence-electron chi connectivity index (χ0n) is 16.6. The number of hydrogen-bond donors (Lipinski definition) is 0. The monoisotopic (exact) mass is 418 g/mol. The molecule has 1 fully saturated rings. The quantitative estimate of drug-likeness (QED) is 0.733. The van der Waals surface area contributed by atoms with Gasteiger partial charge < -0.3 is 19.3 Å². The molecule has 29 heavy (non-hydrogen) atoms. The highest BCUT2D eigenvalue weighted by Gasteiger charge is 2.32. The van der Waals surface area contributed by atoms with Gasteiger partial charge in [0.1, 0.15) is 5.82 Å². The van der Waals surface area contributed by atoms with Crippen LogP contribution in [-0.4, -0.2) is 43.9 Å². The molecule has 0 unspecified atom stereocenters. The summed E-state index contributed by atoms with van der Waals surface area (Å²) in [6, 6.07) is 11.7. The fourth-order valence-electron chi connectivity index (χ4n) is 4.82. The second-order valence-electron chi connectivity index (χ2n) is 8.05. The van der Waals surface area contributed by atoms with E-state index in [1.165, 1.54) is 36.1 Å². The molecule has 156 valence electrons. The van der Waals surface area contributed by atoms with Crippen molar-refractivity contribution in [1.82, 2.24) is 4.90 Å². The third-order valence-corrected chi connectivity index (χ3v) is 6.36. The van der Waals surface area contributed by atoms with E-state index in [4.69, 9.17) is 9.47 Å². The average molecular weight is 419 g/mol. The predicted octanol–water partition coefficient (Wildman–Crippen LogP) is 4.44. The van der Waals surface area contributed by atoms with E-state index in [0.717, 1.165) is 50.5 Å². The van der Waals surface area contributed by atoms with Crippen LogP contribution < -0.4 is 14.4 Å². The predicted molar refractivity (Wildman–Crippen MR) is 115 cm³/mol. The molecule has 0 aromatic heterocycles. The second kappa shape index (κ2) is 8.80. The van der Waals surface area contributed by atoms with Crippen molar-refractivity contribution in [2.24, 2.45) is 0 Å². The Balaban J connectivity index is 0.00000205. The van der Waals surface area contributed by atoms with Crippen LogP contribution >= 0.6 is 12.4 Å². The highest BCUT2D eigenvalue weighted by molar-refractivity contribution is 5.85. The average Bonchev–Trinajstić information content (AvgIpc) is 3.22. The zero-order chi connectivity index (χ0) is 18.9. The van der Waals surface area contributed by atoms with Crippen molar-refractivity contribution in [3.8, 4) is 11.5 Å². The first-order valence-corrected chi connectivity index (χ1v) is 10.4. The van der Waals surface area contributed by atoms with Gasteiger partial charge in [-0.2, -0.15) is 0 Å². The summed E-state index contributed by atoms with van der Waals surface area (Å²) in [5.41, 5.74) is 3.89. The first-order valence-electron chi connectivity index (χ1n) is 10.4. The fourth-order valence-corrected chi connectivity index (χ4v) is 4.82. The van der Waals surface area contributed by atoms with Crippen LogP contribution in [0, 0.1) is 5.82 Å². The molecule has 1 saturated heterocycles. The molecule has 2 aromatic carbocycles. The third-order valence-electron chi connectivity index (χ3n) is 6.36. The van der Waals surface area contributed by atoms with Crippen molar-refractivity contribution in [3.05, 3.63) is 53.3 Å². The number of anilines is 1. The molecule has 4 nitrogen and oxygen atoms in total. The molecule has 0 amide bonds. The minimum atomic E-state index is -0.160. The molecular formula is C23H28ClFN2O2. The lowest BCUT2D eigenvalue weighted by molar-refractivity contribution is 0.173. The molecule has 6 heteroatoms. The first kappa shape index (κ1) is 20.3. The van der Waals surface area contributed by atoms with Crippen molar-refractivity contribution < 1.29 is 13.9 Å². The standard InChI is InChI=1S/C23H27FN2O2.ClH/c24-19-6-3-17(4-7-19)9-13-25-14-10-20(11-15-25)26-12-1-2-18-5-8-21-23(22(18)26)28-16-27-21;/h3-8,20H,1-2,9-16H2;1H. The number of hydrogen-bond acceptors (Lipinski definition) is 4. The maximum atomic E-state index is 13.1. The van der Waals surface area contributed by atoms with Gasteiger partial charge in [-0.15, -0.1) is 12.4 Å². The van der Waals surface area contributed by atoms with Gasteiger partial charge >= 0.3 is 0 Å². The SMILES string of the molecule is Cl.Fc1ccc(CCN2CCC(N3CCCc4ccc5c(c43)OCO5)CC2)cc1. The van der Waals surface area contributed by atoms with Gasteiger partial charge in [-0.25, -0.2) is 4.39 Å². The fraction of sp³-hybridized carbons (Fsp3) is 0.478. The Kier molecular flexibility index (Phi) is 6.16. The van der Waals surface area contributed by atoms with Crippen LogP contribution in [-0.2, 0) is 12.8 Å². The van der Waals surface area contributed by atoms with Gasteiger partial charge in [-0.3, -0.25) is 0 Å². The molecule has 0 spiro atoms. The summed E-state index contributed by atoms with van der Waals surface area (Å²) in [5, 5.41) is 0. The summed E-state index contributed by atoms with van der Waals surface area (Å²) < 4.78 is 24.5. The number of fused-ring (bicyclic) bond motifs is 3. The Morgan fingerprint density at radius 2 is 1.76 bits per heavy atom. The van der Waals surface area contributed by atoms with Gasteiger partial charge in [-0.05, 0) is 61.4 Å². The molecule has 3 aliphatic rings. The molecule has 0 aliphatic carbocycles. The zero-order valence-corrected chi connectivity index (χ0v) is 17.4. The van der Waals surface area contributed by atoms with Crippen molar-refractivity contribution in [2.75, 3.05) is 37.9 Å². The molecule has 0 saturated carbocycles. The van der Waals surface area contributed by atoms with E-state index in [0.29, 0.717) is 12.8 Å². The highest BCUT2D eigenvalue weighted by atomic mass is 35.5. The summed E-state index contributed by atoms with van der Waals surface area (Å²) in [6.45, 7) is 4.71. The Morgan fingerprint density at radius 1 is 0.966 bits per heavy atom. The van der Waals surface area contributed by atoms with E-state index >= 15 is 0 Å². The Hall–Kier alpha value is -1.98. The number of rotatable bonds is 4. The van der Waals surface area contributed by atoms with E-state index in [1.54, 1.807) is 12.1 Å². The van der Waals surface area contributed by atoms with E-state index in [9.17, 15) is 4.39 Å². The summed E-state index contributed by atoms with van der Waals surface area (Å²) in [4.78, 5) is 5.13. The summed E-state index contributed by atoms with van der Waals surface area (Å²) in [7, 11) is 0. The summed E-state index contributed by atoms with van der Waals surface area (Å²) in [5.74, 6) is 1.69. The Bertz CT molecular complexity index is 838. The smallest absolute Gasteiger partial charge is 0.231 e.